The summed E-state index contributed by atoms with van der Waals surface area (Å²) >= 11 is 0. The third-order valence-corrected chi connectivity index (χ3v) is 7.94. The van der Waals surface area contributed by atoms with Crippen molar-refractivity contribution in [3.63, 3.8) is 0 Å². The zero-order valence-electron chi connectivity index (χ0n) is 19.5. The van der Waals surface area contributed by atoms with Crippen LogP contribution in [0.1, 0.15) is 17.3 Å². The number of aromatic nitrogens is 2. The molecule has 1 aromatic heterocycles. The number of carbonyl (C=O) groups is 2. The van der Waals surface area contributed by atoms with Crippen molar-refractivity contribution in [1.82, 2.24) is 23.9 Å². The molecule has 3 heterocycles. The van der Waals surface area contributed by atoms with Crippen LogP contribution in [0, 0.1) is 0 Å². The SMILES string of the molecule is CCOc1ccccc1N1CCN(S(=O)(=O)c2nn(C)cc2C(=O)N2CCN(C=O)CC2)CC1. The van der Waals surface area contributed by atoms with Gasteiger partial charge in [0, 0.05) is 65.6 Å². The van der Waals surface area contributed by atoms with Crippen molar-refractivity contribution in [2.24, 2.45) is 7.05 Å². The molecule has 0 aliphatic carbocycles. The van der Waals surface area contributed by atoms with Crippen LogP contribution in [0.25, 0.3) is 0 Å². The molecule has 0 unspecified atom stereocenters. The molecule has 12 heteroatoms. The summed E-state index contributed by atoms with van der Waals surface area (Å²) in [5, 5.41) is 3.94. The molecule has 4 rings (SSSR count). The van der Waals surface area contributed by atoms with Gasteiger partial charge in [-0.15, -0.1) is 0 Å². The molecule has 0 saturated carbocycles. The monoisotopic (exact) mass is 490 g/mol. The number of benzene rings is 1. The van der Waals surface area contributed by atoms with Crippen molar-refractivity contribution in [2.45, 2.75) is 11.9 Å². The van der Waals surface area contributed by atoms with Crippen LogP contribution in [0.5, 0.6) is 5.75 Å². The van der Waals surface area contributed by atoms with Crippen molar-refractivity contribution in [3.05, 3.63) is 36.0 Å². The smallest absolute Gasteiger partial charge is 0.263 e. The zero-order valence-corrected chi connectivity index (χ0v) is 20.3. The van der Waals surface area contributed by atoms with Crippen LogP contribution in [0.3, 0.4) is 0 Å². The van der Waals surface area contributed by atoms with Crippen molar-refractivity contribution in [3.8, 4) is 5.75 Å². The Morgan fingerprint density at radius 1 is 1.06 bits per heavy atom. The first-order valence-corrected chi connectivity index (χ1v) is 12.8. The molecule has 0 bridgehead atoms. The molecular weight excluding hydrogens is 460 g/mol. The number of carbonyl (C=O) groups excluding carboxylic acids is 2. The van der Waals surface area contributed by atoms with Crippen molar-refractivity contribution < 1.29 is 22.7 Å². The van der Waals surface area contributed by atoms with Gasteiger partial charge in [-0.05, 0) is 19.1 Å². The van der Waals surface area contributed by atoms with Crippen LogP contribution in [0.4, 0.5) is 5.69 Å². The van der Waals surface area contributed by atoms with Gasteiger partial charge in [-0.2, -0.15) is 9.40 Å². The highest BCUT2D eigenvalue weighted by molar-refractivity contribution is 7.89. The normalized spacial score (nSPS) is 17.6. The zero-order chi connectivity index (χ0) is 24.3. The van der Waals surface area contributed by atoms with E-state index in [-0.39, 0.29) is 29.6 Å². The fourth-order valence-corrected chi connectivity index (χ4v) is 5.83. The third-order valence-electron chi connectivity index (χ3n) is 6.10. The standard InChI is InChI=1S/C22H30N6O5S/c1-3-33-20-7-5-4-6-19(20)26-12-14-28(15-13-26)34(31,32)21-18(16-24(2)23-21)22(30)27-10-8-25(17-29)9-11-27/h4-7,16-17H,3,8-15H2,1-2H3. The molecule has 34 heavy (non-hydrogen) atoms. The van der Waals surface area contributed by atoms with Crippen molar-refractivity contribution >= 4 is 28.0 Å². The van der Waals surface area contributed by atoms with Crippen molar-refractivity contribution in [2.75, 3.05) is 63.9 Å². The summed E-state index contributed by atoms with van der Waals surface area (Å²) in [5.74, 6) is 0.384. The quantitative estimate of drug-likeness (QED) is 0.512. The molecule has 2 aromatic rings. The van der Waals surface area contributed by atoms with E-state index in [9.17, 15) is 18.0 Å². The molecular formula is C22H30N6O5S. The highest BCUT2D eigenvalue weighted by Gasteiger charge is 2.36. The average molecular weight is 491 g/mol. The Balaban J connectivity index is 1.50. The summed E-state index contributed by atoms with van der Waals surface area (Å²) < 4.78 is 35.5. The van der Waals surface area contributed by atoms with Crippen LogP contribution in [-0.4, -0.2) is 104 Å². The van der Waals surface area contributed by atoms with E-state index in [1.807, 2.05) is 31.2 Å². The summed E-state index contributed by atoms with van der Waals surface area (Å²) in [4.78, 5) is 29.4. The van der Waals surface area contributed by atoms with Crippen molar-refractivity contribution in [1.29, 1.82) is 0 Å². The van der Waals surface area contributed by atoms with E-state index in [2.05, 4.69) is 10.00 Å². The Hall–Kier alpha value is -3.12. The van der Waals surface area contributed by atoms with E-state index in [1.54, 1.807) is 16.8 Å². The third kappa shape index (κ3) is 4.73. The first kappa shape index (κ1) is 24.0. The molecule has 0 N–H and O–H groups in total. The molecule has 0 atom stereocenters. The summed E-state index contributed by atoms with van der Waals surface area (Å²) in [6, 6.07) is 7.72. The Labute approximate surface area is 199 Å². The predicted molar refractivity (Wildman–Crippen MR) is 125 cm³/mol. The van der Waals surface area contributed by atoms with Gasteiger partial charge >= 0.3 is 0 Å². The number of ether oxygens (including phenoxy) is 1. The Bertz CT molecular complexity index is 1130. The fraction of sp³-hybridized carbons (Fsp3) is 0.500. The molecule has 184 valence electrons. The highest BCUT2D eigenvalue weighted by Crippen LogP contribution is 2.30. The summed E-state index contributed by atoms with van der Waals surface area (Å²) in [7, 11) is -2.37. The van der Waals surface area contributed by atoms with Gasteiger partial charge in [0.15, 0.2) is 0 Å². The van der Waals surface area contributed by atoms with Gasteiger partial charge in [0.05, 0.1) is 17.9 Å². The molecule has 2 aliphatic heterocycles. The number of hydrogen-bond acceptors (Lipinski definition) is 7. The highest BCUT2D eigenvalue weighted by atomic mass is 32.2. The van der Waals surface area contributed by atoms with Crippen LogP contribution >= 0.6 is 0 Å². The fourth-order valence-electron chi connectivity index (χ4n) is 4.29. The minimum Gasteiger partial charge on any atom is -0.492 e. The maximum Gasteiger partial charge on any atom is 0.263 e. The van der Waals surface area contributed by atoms with E-state index in [4.69, 9.17) is 4.74 Å². The van der Waals surface area contributed by atoms with Gasteiger partial charge in [-0.1, -0.05) is 12.1 Å². The second kappa shape index (κ2) is 10.0. The average Bonchev–Trinajstić information content (AvgIpc) is 3.27. The van der Waals surface area contributed by atoms with Gasteiger partial charge in [0.25, 0.3) is 15.9 Å². The Morgan fingerprint density at radius 3 is 2.38 bits per heavy atom. The van der Waals surface area contributed by atoms with Crippen LogP contribution < -0.4 is 9.64 Å². The van der Waals surface area contributed by atoms with E-state index in [1.165, 1.54) is 15.2 Å². The Kier molecular flexibility index (Phi) is 7.08. The van der Waals surface area contributed by atoms with Gasteiger partial charge in [0.2, 0.25) is 11.4 Å². The summed E-state index contributed by atoms with van der Waals surface area (Å²) in [6.45, 7) is 5.54. The molecule has 0 radical (unpaired) electrons. The van der Waals surface area contributed by atoms with E-state index in [0.29, 0.717) is 45.9 Å². The maximum atomic E-state index is 13.5. The molecule has 0 spiro atoms. The number of aryl methyl sites for hydroxylation is 1. The first-order chi connectivity index (χ1) is 16.3. The minimum absolute atomic E-state index is 0.0613. The lowest BCUT2D eigenvalue weighted by Gasteiger charge is -2.36. The number of para-hydroxylation sites is 2. The predicted octanol–water partition coefficient (Wildman–Crippen LogP) is 0.244. The second-order valence-corrected chi connectivity index (χ2v) is 10.1. The van der Waals surface area contributed by atoms with Gasteiger partial charge in [0.1, 0.15) is 5.75 Å². The molecule has 1 aromatic carbocycles. The molecule has 2 fully saturated rings. The molecule has 2 amide bonds. The largest absolute Gasteiger partial charge is 0.492 e. The Morgan fingerprint density at radius 2 is 1.74 bits per heavy atom. The number of amides is 2. The summed E-state index contributed by atoms with van der Waals surface area (Å²) in [6.07, 6.45) is 2.21. The lowest BCUT2D eigenvalue weighted by molar-refractivity contribution is -0.119. The van der Waals surface area contributed by atoms with E-state index < -0.39 is 10.0 Å². The second-order valence-electron chi connectivity index (χ2n) is 8.25. The van der Waals surface area contributed by atoms with Gasteiger partial charge in [-0.25, -0.2) is 8.42 Å². The topological polar surface area (TPSA) is 108 Å². The van der Waals surface area contributed by atoms with E-state index in [0.717, 1.165) is 17.8 Å². The van der Waals surface area contributed by atoms with Gasteiger partial charge in [-0.3, -0.25) is 14.3 Å². The van der Waals surface area contributed by atoms with Crippen LogP contribution in [-0.2, 0) is 21.9 Å². The number of sulfonamides is 1. The summed E-state index contributed by atoms with van der Waals surface area (Å²) in [5.41, 5.74) is 0.996. The maximum absolute atomic E-state index is 13.5. The number of anilines is 1. The number of hydrogen-bond donors (Lipinski definition) is 0. The number of nitrogens with zero attached hydrogens (tertiary/aromatic N) is 6. The van der Waals surface area contributed by atoms with Crippen LogP contribution in [0.15, 0.2) is 35.5 Å². The lowest BCUT2D eigenvalue weighted by Crippen LogP contribution is -2.50. The number of piperazine rings is 2. The minimum atomic E-state index is -3.97. The molecule has 2 aliphatic rings. The molecule has 11 nitrogen and oxygen atoms in total. The van der Waals surface area contributed by atoms with Crippen LogP contribution in [0.2, 0.25) is 0 Å². The lowest BCUT2D eigenvalue weighted by atomic mass is 10.2. The first-order valence-electron chi connectivity index (χ1n) is 11.3. The number of rotatable bonds is 7. The molecule has 2 saturated heterocycles. The van der Waals surface area contributed by atoms with Gasteiger partial charge < -0.3 is 19.4 Å². The van der Waals surface area contributed by atoms with E-state index >= 15 is 0 Å².